The first-order valence-electron chi connectivity index (χ1n) is 6.89. The highest BCUT2D eigenvalue weighted by atomic mass is 35.5. The third-order valence-electron chi connectivity index (χ3n) is 4.09. The molecule has 3 nitrogen and oxygen atoms in total. The van der Waals surface area contributed by atoms with Crippen LogP contribution >= 0.6 is 11.6 Å². The number of aliphatic hydroxyl groups is 1. The molecule has 2 rings (SSSR count). The van der Waals surface area contributed by atoms with E-state index in [9.17, 15) is 5.11 Å². The zero-order valence-corrected chi connectivity index (χ0v) is 12.5. The van der Waals surface area contributed by atoms with Gasteiger partial charge in [0, 0.05) is 17.6 Å². The number of benzene rings is 1. The minimum Gasteiger partial charge on any atom is -0.388 e. The fraction of sp³-hybridized carbons (Fsp3) is 0.600. The fourth-order valence-electron chi connectivity index (χ4n) is 2.65. The van der Waals surface area contributed by atoms with Gasteiger partial charge in [-0.1, -0.05) is 23.7 Å². The van der Waals surface area contributed by atoms with E-state index in [0.29, 0.717) is 6.54 Å². The molecule has 0 bridgehead atoms. The van der Waals surface area contributed by atoms with Crippen molar-refractivity contribution in [2.24, 2.45) is 0 Å². The summed E-state index contributed by atoms with van der Waals surface area (Å²) in [6.07, 6.45) is 1.65. The second-order valence-electron chi connectivity index (χ2n) is 5.62. The first-order chi connectivity index (χ1) is 9.00. The Labute approximate surface area is 120 Å². The van der Waals surface area contributed by atoms with Gasteiger partial charge in [-0.15, -0.1) is 0 Å². The van der Waals surface area contributed by atoms with E-state index in [1.54, 1.807) is 0 Å². The van der Waals surface area contributed by atoms with Gasteiger partial charge in [0.2, 0.25) is 0 Å². The molecule has 1 unspecified atom stereocenters. The largest absolute Gasteiger partial charge is 0.388 e. The SMILES string of the molecule is CC(c1ccc(Cl)cc1)N(C)CC1(O)CCNCC1. The summed E-state index contributed by atoms with van der Waals surface area (Å²) < 4.78 is 0. The van der Waals surface area contributed by atoms with Crippen molar-refractivity contribution in [2.45, 2.75) is 31.4 Å². The smallest absolute Gasteiger partial charge is 0.0798 e. The number of piperidine rings is 1. The van der Waals surface area contributed by atoms with Crippen molar-refractivity contribution in [3.63, 3.8) is 0 Å². The number of likely N-dealkylation sites (N-methyl/N-ethyl adjacent to an activating group) is 1. The van der Waals surface area contributed by atoms with Crippen molar-refractivity contribution >= 4 is 11.6 Å². The van der Waals surface area contributed by atoms with Crippen LogP contribution in [0.3, 0.4) is 0 Å². The Hall–Kier alpha value is -0.610. The maximum absolute atomic E-state index is 10.6. The lowest BCUT2D eigenvalue weighted by Gasteiger charge is -2.38. The molecule has 0 saturated carbocycles. The highest BCUT2D eigenvalue weighted by Crippen LogP contribution is 2.25. The average molecular weight is 283 g/mol. The van der Waals surface area contributed by atoms with Crippen LogP contribution in [-0.2, 0) is 0 Å². The minimum atomic E-state index is -0.555. The number of hydrogen-bond donors (Lipinski definition) is 2. The number of rotatable bonds is 4. The van der Waals surface area contributed by atoms with Crippen LogP contribution in [-0.4, -0.2) is 42.3 Å². The summed E-state index contributed by atoms with van der Waals surface area (Å²) in [4.78, 5) is 2.22. The van der Waals surface area contributed by atoms with Gasteiger partial charge in [0.15, 0.2) is 0 Å². The Kier molecular flexibility index (Phi) is 4.85. The van der Waals surface area contributed by atoms with Gasteiger partial charge in [0.05, 0.1) is 5.60 Å². The predicted molar refractivity (Wildman–Crippen MR) is 79.6 cm³/mol. The molecular formula is C15H23ClN2O. The summed E-state index contributed by atoms with van der Waals surface area (Å²) in [5, 5.41) is 14.6. The van der Waals surface area contributed by atoms with E-state index in [2.05, 4.69) is 36.3 Å². The third kappa shape index (κ3) is 3.93. The monoisotopic (exact) mass is 282 g/mol. The Bertz CT molecular complexity index is 401. The van der Waals surface area contributed by atoms with Crippen LogP contribution in [0.1, 0.15) is 31.4 Å². The second-order valence-corrected chi connectivity index (χ2v) is 6.05. The molecule has 0 aromatic heterocycles. The molecule has 1 aliphatic heterocycles. The van der Waals surface area contributed by atoms with Crippen LogP contribution in [0.4, 0.5) is 0 Å². The Morgan fingerprint density at radius 3 is 2.47 bits per heavy atom. The van der Waals surface area contributed by atoms with Crippen molar-refractivity contribution in [1.29, 1.82) is 0 Å². The molecule has 0 radical (unpaired) electrons. The summed E-state index contributed by atoms with van der Waals surface area (Å²) in [6, 6.07) is 8.21. The maximum Gasteiger partial charge on any atom is 0.0798 e. The van der Waals surface area contributed by atoms with E-state index in [1.807, 2.05) is 12.1 Å². The van der Waals surface area contributed by atoms with Gasteiger partial charge in [-0.3, -0.25) is 4.90 Å². The van der Waals surface area contributed by atoms with Crippen molar-refractivity contribution in [2.75, 3.05) is 26.7 Å². The zero-order valence-electron chi connectivity index (χ0n) is 11.7. The molecule has 1 fully saturated rings. The van der Waals surface area contributed by atoms with Crippen LogP contribution in [0.2, 0.25) is 5.02 Å². The maximum atomic E-state index is 10.6. The summed E-state index contributed by atoms with van der Waals surface area (Å²) in [7, 11) is 2.07. The van der Waals surface area contributed by atoms with Gasteiger partial charge in [-0.2, -0.15) is 0 Å². The second kappa shape index (κ2) is 6.23. The van der Waals surface area contributed by atoms with Crippen molar-refractivity contribution in [3.05, 3.63) is 34.9 Å². The topological polar surface area (TPSA) is 35.5 Å². The van der Waals surface area contributed by atoms with E-state index >= 15 is 0 Å². The van der Waals surface area contributed by atoms with E-state index in [1.165, 1.54) is 5.56 Å². The Balaban J connectivity index is 1.98. The van der Waals surface area contributed by atoms with Crippen LogP contribution in [0.5, 0.6) is 0 Å². The molecule has 106 valence electrons. The lowest BCUT2D eigenvalue weighted by molar-refractivity contribution is -0.0228. The van der Waals surface area contributed by atoms with Gasteiger partial charge in [-0.05, 0) is 57.6 Å². The zero-order chi connectivity index (χ0) is 13.9. The third-order valence-corrected chi connectivity index (χ3v) is 4.34. The van der Waals surface area contributed by atoms with E-state index in [-0.39, 0.29) is 6.04 Å². The molecule has 19 heavy (non-hydrogen) atoms. The fourth-order valence-corrected chi connectivity index (χ4v) is 2.77. The average Bonchev–Trinajstić information content (AvgIpc) is 2.39. The van der Waals surface area contributed by atoms with E-state index < -0.39 is 5.60 Å². The minimum absolute atomic E-state index is 0.274. The Morgan fingerprint density at radius 2 is 1.89 bits per heavy atom. The standard InChI is InChI=1S/C15H23ClN2O/c1-12(13-3-5-14(16)6-4-13)18(2)11-15(19)7-9-17-10-8-15/h3-6,12,17,19H,7-11H2,1-2H3. The molecule has 1 atom stereocenters. The molecule has 1 saturated heterocycles. The van der Waals surface area contributed by atoms with Crippen molar-refractivity contribution < 1.29 is 5.11 Å². The van der Waals surface area contributed by atoms with Gasteiger partial charge < -0.3 is 10.4 Å². The van der Waals surface area contributed by atoms with Crippen LogP contribution in [0, 0.1) is 0 Å². The molecule has 1 aliphatic rings. The normalized spacial score (nSPS) is 20.5. The molecule has 1 aromatic rings. The Morgan fingerprint density at radius 1 is 1.32 bits per heavy atom. The molecular weight excluding hydrogens is 260 g/mol. The summed E-state index contributed by atoms with van der Waals surface area (Å²) in [5.41, 5.74) is 0.671. The molecule has 2 N–H and O–H groups in total. The highest BCUT2D eigenvalue weighted by molar-refractivity contribution is 6.30. The lowest BCUT2D eigenvalue weighted by Crippen LogP contribution is -2.49. The van der Waals surface area contributed by atoms with Gasteiger partial charge in [0.1, 0.15) is 0 Å². The first-order valence-corrected chi connectivity index (χ1v) is 7.27. The van der Waals surface area contributed by atoms with Gasteiger partial charge >= 0.3 is 0 Å². The molecule has 1 aromatic carbocycles. The highest BCUT2D eigenvalue weighted by Gasteiger charge is 2.31. The van der Waals surface area contributed by atoms with Gasteiger partial charge in [-0.25, -0.2) is 0 Å². The molecule has 1 heterocycles. The lowest BCUT2D eigenvalue weighted by atomic mass is 9.91. The van der Waals surface area contributed by atoms with E-state index in [4.69, 9.17) is 11.6 Å². The molecule has 0 aliphatic carbocycles. The number of halogens is 1. The van der Waals surface area contributed by atoms with Crippen molar-refractivity contribution in [1.82, 2.24) is 10.2 Å². The summed E-state index contributed by atoms with van der Waals surface area (Å²) in [5.74, 6) is 0. The number of nitrogens with one attached hydrogen (secondary N) is 1. The van der Waals surface area contributed by atoms with Crippen LogP contribution in [0.15, 0.2) is 24.3 Å². The summed E-state index contributed by atoms with van der Waals surface area (Å²) in [6.45, 7) is 4.67. The quantitative estimate of drug-likeness (QED) is 0.890. The number of hydrogen-bond acceptors (Lipinski definition) is 3. The molecule has 0 amide bonds. The van der Waals surface area contributed by atoms with Crippen molar-refractivity contribution in [3.8, 4) is 0 Å². The molecule has 4 heteroatoms. The first kappa shape index (κ1) is 14.8. The van der Waals surface area contributed by atoms with Gasteiger partial charge in [0.25, 0.3) is 0 Å². The van der Waals surface area contributed by atoms with E-state index in [0.717, 1.165) is 31.0 Å². The van der Waals surface area contributed by atoms with Crippen LogP contribution in [0.25, 0.3) is 0 Å². The predicted octanol–water partition coefficient (Wildman–Crippen LogP) is 2.45. The number of nitrogens with zero attached hydrogens (tertiary/aromatic N) is 1. The van der Waals surface area contributed by atoms with Crippen LogP contribution < -0.4 is 5.32 Å². The summed E-state index contributed by atoms with van der Waals surface area (Å²) >= 11 is 5.91. The molecule has 0 spiro atoms.